The molecule has 1 aliphatic heterocycles. The third kappa shape index (κ3) is 2.96. The first-order valence-electron chi connectivity index (χ1n) is 7.54. The van der Waals surface area contributed by atoms with E-state index in [4.69, 9.17) is 0 Å². The molecule has 1 saturated heterocycles. The Hall–Kier alpha value is -2.36. The van der Waals surface area contributed by atoms with Crippen molar-refractivity contribution in [3.8, 4) is 0 Å². The van der Waals surface area contributed by atoms with Crippen molar-refractivity contribution in [2.75, 3.05) is 29.9 Å². The lowest BCUT2D eigenvalue weighted by molar-refractivity contribution is 0.0993. The first kappa shape index (κ1) is 14.6. The molecular formula is C18H19FN2O. The van der Waals surface area contributed by atoms with Crippen LogP contribution in [0.15, 0.2) is 48.5 Å². The molecule has 0 aromatic heterocycles. The van der Waals surface area contributed by atoms with Crippen LogP contribution in [0.5, 0.6) is 0 Å². The van der Waals surface area contributed by atoms with Crippen molar-refractivity contribution in [3.05, 3.63) is 59.9 Å². The van der Waals surface area contributed by atoms with Crippen LogP contribution in [0.2, 0.25) is 0 Å². The second kappa shape index (κ2) is 6.18. The van der Waals surface area contributed by atoms with Gasteiger partial charge in [-0.05, 0) is 61.4 Å². The number of hydrogen-bond donors (Lipinski definition) is 0. The third-order valence-corrected chi connectivity index (χ3v) is 4.10. The summed E-state index contributed by atoms with van der Waals surface area (Å²) in [6, 6.07) is 13.6. The molecule has 0 atom stereocenters. The van der Waals surface area contributed by atoms with Crippen LogP contribution >= 0.6 is 0 Å². The summed E-state index contributed by atoms with van der Waals surface area (Å²) in [5.74, 6) is -0.483. The molecule has 0 spiro atoms. The van der Waals surface area contributed by atoms with Gasteiger partial charge in [0.1, 0.15) is 5.82 Å². The van der Waals surface area contributed by atoms with Gasteiger partial charge in [-0.3, -0.25) is 4.79 Å². The Morgan fingerprint density at radius 2 is 1.59 bits per heavy atom. The Kier molecular flexibility index (Phi) is 4.09. The molecule has 0 radical (unpaired) electrons. The maximum Gasteiger partial charge on any atom is 0.258 e. The number of benzene rings is 2. The van der Waals surface area contributed by atoms with Crippen molar-refractivity contribution in [2.24, 2.45) is 0 Å². The first-order chi connectivity index (χ1) is 10.6. The number of rotatable bonds is 3. The van der Waals surface area contributed by atoms with Crippen molar-refractivity contribution < 1.29 is 9.18 Å². The molecular weight excluding hydrogens is 279 g/mol. The summed E-state index contributed by atoms with van der Waals surface area (Å²) in [4.78, 5) is 16.3. The summed E-state index contributed by atoms with van der Waals surface area (Å²) in [6.45, 7) is 2.20. The van der Waals surface area contributed by atoms with E-state index >= 15 is 0 Å². The Morgan fingerprint density at radius 3 is 2.18 bits per heavy atom. The summed E-state index contributed by atoms with van der Waals surface area (Å²) in [6.07, 6.45) is 2.48. The molecule has 0 saturated carbocycles. The monoisotopic (exact) mass is 298 g/mol. The smallest absolute Gasteiger partial charge is 0.258 e. The van der Waals surface area contributed by atoms with E-state index in [1.165, 1.54) is 42.8 Å². The number of hydrogen-bond acceptors (Lipinski definition) is 2. The zero-order valence-corrected chi connectivity index (χ0v) is 12.6. The van der Waals surface area contributed by atoms with E-state index in [1.807, 2.05) is 12.1 Å². The van der Waals surface area contributed by atoms with Crippen LogP contribution < -0.4 is 9.80 Å². The molecule has 1 aliphatic rings. The van der Waals surface area contributed by atoms with Gasteiger partial charge in [-0.15, -0.1) is 0 Å². The standard InChI is InChI=1S/C18H19FN2O/c1-20(18(22)14-4-6-15(19)7-5-14)16-8-10-17(11-9-16)21-12-2-3-13-21/h4-11H,2-3,12-13H2,1H3. The average Bonchev–Trinajstić information content (AvgIpc) is 3.09. The van der Waals surface area contributed by atoms with E-state index in [1.54, 1.807) is 11.9 Å². The molecule has 0 unspecified atom stereocenters. The van der Waals surface area contributed by atoms with Gasteiger partial charge in [0.05, 0.1) is 0 Å². The van der Waals surface area contributed by atoms with Crippen molar-refractivity contribution in [3.63, 3.8) is 0 Å². The minimum Gasteiger partial charge on any atom is -0.372 e. The quantitative estimate of drug-likeness (QED) is 0.862. The fraction of sp³-hybridized carbons (Fsp3) is 0.278. The molecule has 0 bridgehead atoms. The first-order valence-corrected chi connectivity index (χ1v) is 7.54. The maximum atomic E-state index is 12.9. The predicted octanol–water partition coefficient (Wildman–Crippen LogP) is 3.70. The number of nitrogens with zero attached hydrogens (tertiary/aromatic N) is 2. The SMILES string of the molecule is CN(C(=O)c1ccc(F)cc1)c1ccc(N2CCCC2)cc1. The lowest BCUT2D eigenvalue weighted by Gasteiger charge is -2.21. The van der Waals surface area contributed by atoms with Crippen LogP contribution in [0.25, 0.3) is 0 Å². The molecule has 1 fully saturated rings. The minimum atomic E-state index is -0.339. The van der Waals surface area contributed by atoms with Gasteiger partial charge in [-0.25, -0.2) is 4.39 Å². The van der Waals surface area contributed by atoms with E-state index < -0.39 is 0 Å². The van der Waals surface area contributed by atoms with E-state index in [-0.39, 0.29) is 11.7 Å². The molecule has 4 heteroatoms. The number of anilines is 2. The highest BCUT2D eigenvalue weighted by Crippen LogP contribution is 2.24. The van der Waals surface area contributed by atoms with Crippen molar-refractivity contribution in [2.45, 2.75) is 12.8 Å². The van der Waals surface area contributed by atoms with Gasteiger partial charge in [0.15, 0.2) is 0 Å². The van der Waals surface area contributed by atoms with Gasteiger partial charge in [-0.1, -0.05) is 0 Å². The highest BCUT2D eigenvalue weighted by Gasteiger charge is 2.15. The Balaban J connectivity index is 1.75. The third-order valence-electron chi connectivity index (χ3n) is 4.10. The second-order valence-electron chi connectivity index (χ2n) is 5.58. The largest absolute Gasteiger partial charge is 0.372 e. The molecule has 3 rings (SSSR count). The number of halogens is 1. The maximum absolute atomic E-state index is 12.9. The van der Waals surface area contributed by atoms with Gasteiger partial charge in [0.2, 0.25) is 0 Å². The summed E-state index contributed by atoms with van der Waals surface area (Å²) < 4.78 is 12.9. The topological polar surface area (TPSA) is 23.6 Å². The fourth-order valence-electron chi connectivity index (χ4n) is 2.77. The zero-order chi connectivity index (χ0) is 15.5. The lowest BCUT2D eigenvalue weighted by Crippen LogP contribution is -2.26. The molecule has 114 valence electrons. The van der Waals surface area contributed by atoms with Crippen LogP contribution in [-0.2, 0) is 0 Å². The highest BCUT2D eigenvalue weighted by molar-refractivity contribution is 6.05. The molecule has 1 amide bonds. The fourth-order valence-corrected chi connectivity index (χ4v) is 2.77. The summed E-state index contributed by atoms with van der Waals surface area (Å²) in [5.41, 5.74) is 2.51. The van der Waals surface area contributed by atoms with Crippen LogP contribution in [0.3, 0.4) is 0 Å². The molecule has 0 N–H and O–H groups in total. The normalized spacial score (nSPS) is 14.2. The minimum absolute atomic E-state index is 0.145. The molecule has 1 heterocycles. The van der Waals surface area contributed by atoms with E-state index in [9.17, 15) is 9.18 Å². The van der Waals surface area contributed by atoms with Crippen LogP contribution in [0.4, 0.5) is 15.8 Å². The molecule has 2 aromatic carbocycles. The van der Waals surface area contributed by atoms with Crippen LogP contribution in [-0.4, -0.2) is 26.0 Å². The van der Waals surface area contributed by atoms with Crippen molar-refractivity contribution >= 4 is 17.3 Å². The highest BCUT2D eigenvalue weighted by atomic mass is 19.1. The van der Waals surface area contributed by atoms with E-state index in [0.29, 0.717) is 5.56 Å². The molecule has 0 aliphatic carbocycles. The zero-order valence-electron chi connectivity index (χ0n) is 12.6. The van der Waals surface area contributed by atoms with Gasteiger partial charge < -0.3 is 9.80 Å². The lowest BCUT2D eigenvalue weighted by atomic mass is 10.2. The number of carbonyl (C=O) groups is 1. The van der Waals surface area contributed by atoms with Crippen LogP contribution in [0, 0.1) is 5.82 Å². The number of carbonyl (C=O) groups excluding carboxylic acids is 1. The summed E-state index contributed by atoms with van der Waals surface area (Å²) in [7, 11) is 1.73. The number of amides is 1. The second-order valence-corrected chi connectivity index (χ2v) is 5.58. The summed E-state index contributed by atoms with van der Waals surface area (Å²) >= 11 is 0. The van der Waals surface area contributed by atoms with Gasteiger partial charge >= 0.3 is 0 Å². The Labute approximate surface area is 130 Å². The van der Waals surface area contributed by atoms with Crippen molar-refractivity contribution in [1.29, 1.82) is 0 Å². The molecule has 3 nitrogen and oxygen atoms in total. The Morgan fingerprint density at radius 1 is 1.00 bits per heavy atom. The molecule has 22 heavy (non-hydrogen) atoms. The van der Waals surface area contributed by atoms with Crippen LogP contribution in [0.1, 0.15) is 23.2 Å². The van der Waals surface area contributed by atoms with Gasteiger partial charge in [0, 0.05) is 37.1 Å². The van der Waals surface area contributed by atoms with Gasteiger partial charge in [-0.2, -0.15) is 0 Å². The van der Waals surface area contributed by atoms with Gasteiger partial charge in [0.25, 0.3) is 5.91 Å². The predicted molar refractivity (Wildman–Crippen MR) is 87.0 cm³/mol. The summed E-state index contributed by atoms with van der Waals surface area (Å²) in [5, 5.41) is 0. The Bertz CT molecular complexity index is 646. The van der Waals surface area contributed by atoms with E-state index in [2.05, 4.69) is 17.0 Å². The molecule has 2 aromatic rings. The van der Waals surface area contributed by atoms with E-state index in [0.717, 1.165) is 18.8 Å². The average molecular weight is 298 g/mol. The van der Waals surface area contributed by atoms with Crippen molar-refractivity contribution in [1.82, 2.24) is 0 Å².